The van der Waals surface area contributed by atoms with Crippen LogP contribution in [0.1, 0.15) is 36.5 Å². The zero-order valence-corrected chi connectivity index (χ0v) is 15.2. The maximum absolute atomic E-state index is 13.2. The summed E-state index contributed by atoms with van der Waals surface area (Å²) in [4.78, 5) is 19.0. The van der Waals surface area contributed by atoms with E-state index >= 15 is 0 Å². The van der Waals surface area contributed by atoms with Crippen LogP contribution in [0.15, 0.2) is 66.4 Å². The third kappa shape index (κ3) is 3.17. The highest BCUT2D eigenvalue weighted by molar-refractivity contribution is 6.18. The second-order valence-electron chi connectivity index (χ2n) is 6.98. The van der Waals surface area contributed by atoms with Gasteiger partial charge in [0.25, 0.3) is 0 Å². The summed E-state index contributed by atoms with van der Waals surface area (Å²) < 4.78 is 0. The standard InChI is InChI=1S/C23H24N2O/c1-17(25-14-8-3-9-15-25)16-21(26)22-19-12-6-7-13-20(19)24-23(22)18-10-4-2-5-11-18/h2,4-7,10-13,16,24H,3,8-9,14-15H2,1H3/b17-16+. The number of carbonyl (C=O) groups is 1. The number of ketones is 1. The van der Waals surface area contributed by atoms with Crippen molar-refractivity contribution < 1.29 is 4.79 Å². The molecule has 4 rings (SSSR count). The van der Waals surface area contributed by atoms with Crippen LogP contribution >= 0.6 is 0 Å². The fourth-order valence-corrected chi connectivity index (χ4v) is 3.82. The first-order chi connectivity index (χ1) is 12.7. The minimum Gasteiger partial charge on any atom is -0.375 e. The van der Waals surface area contributed by atoms with Crippen molar-refractivity contribution in [3.05, 3.63) is 71.9 Å². The SMILES string of the molecule is C/C(=C\C(=O)c1c(-c2ccccc2)[nH]c2ccccc12)N1CCCCC1. The number of nitrogens with one attached hydrogen (secondary N) is 1. The van der Waals surface area contributed by atoms with Crippen molar-refractivity contribution in [2.75, 3.05) is 13.1 Å². The molecule has 1 aromatic heterocycles. The largest absolute Gasteiger partial charge is 0.375 e. The van der Waals surface area contributed by atoms with E-state index in [4.69, 9.17) is 0 Å². The predicted octanol–water partition coefficient (Wildman–Crippen LogP) is 5.41. The first-order valence-electron chi connectivity index (χ1n) is 9.38. The molecular formula is C23H24N2O. The first-order valence-corrected chi connectivity index (χ1v) is 9.38. The van der Waals surface area contributed by atoms with Gasteiger partial charge in [0.2, 0.25) is 0 Å². The second kappa shape index (κ2) is 7.20. The maximum Gasteiger partial charge on any atom is 0.190 e. The highest BCUT2D eigenvalue weighted by Gasteiger charge is 2.19. The molecule has 0 aliphatic carbocycles. The average molecular weight is 344 g/mol. The number of allylic oxidation sites excluding steroid dienone is 2. The molecule has 1 N–H and O–H groups in total. The van der Waals surface area contributed by atoms with E-state index in [1.165, 1.54) is 19.3 Å². The van der Waals surface area contributed by atoms with Crippen molar-refractivity contribution in [3.8, 4) is 11.3 Å². The normalized spacial score (nSPS) is 15.4. The Balaban J connectivity index is 1.78. The highest BCUT2D eigenvalue weighted by Crippen LogP contribution is 2.31. The molecule has 0 amide bonds. The van der Waals surface area contributed by atoms with Gasteiger partial charge in [0.1, 0.15) is 0 Å². The maximum atomic E-state index is 13.2. The van der Waals surface area contributed by atoms with Gasteiger partial charge in [-0.25, -0.2) is 0 Å². The number of benzene rings is 2. The molecule has 3 heteroatoms. The number of aromatic amines is 1. The number of nitrogens with zero attached hydrogens (tertiary/aromatic N) is 1. The summed E-state index contributed by atoms with van der Waals surface area (Å²) in [5, 5.41) is 0.985. The number of rotatable bonds is 4. The molecule has 0 radical (unpaired) electrons. The molecule has 3 aromatic rings. The van der Waals surface area contributed by atoms with Crippen LogP contribution in [0.2, 0.25) is 0 Å². The van der Waals surface area contributed by atoms with Crippen LogP contribution < -0.4 is 0 Å². The van der Waals surface area contributed by atoms with E-state index in [0.717, 1.165) is 46.5 Å². The lowest BCUT2D eigenvalue weighted by atomic mass is 10.0. The molecule has 0 unspecified atom stereocenters. The molecule has 1 fully saturated rings. The third-order valence-corrected chi connectivity index (χ3v) is 5.21. The number of carbonyl (C=O) groups excluding carboxylic acids is 1. The number of piperidine rings is 1. The van der Waals surface area contributed by atoms with Crippen molar-refractivity contribution >= 4 is 16.7 Å². The van der Waals surface area contributed by atoms with E-state index < -0.39 is 0 Å². The Bertz CT molecular complexity index is 947. The van der Waals surface area contributed by atoms with Gasteiger partial charge in [-0.3, -0.25) is 4.79 Å². The zero-order chi connectivity index (χ0) is 17.9. The summed E-state index contributed by atoms with van der Waals surface area (Å²) in [5.74, 6) is 0.0735. The highest BCUT2D eigenvalue weighted by atomic mass is 16.1. The second-order valence-corrected chi connectivity index (χ2v) is 6.98. The number of para-hydroxylation sites is 1. The van der Waals surface area contributed by atoms with Crippen molar-refractivity contribution in [1.82, 2.24) is 9.88 Å². The van der Waals surface area contributed by atoms with Crippen LogP contribution in [0.5, 0.6) is 0 Å². The van der Waals surface area contributed by atoms with Gasteiger partial charge in [0.15, 0.2) is 5.78 Å². The summed E-state index contributed by atoms with van der Waals surface area (Å²) in [6.07, 6.45) is 5.52. The first kappa shape index (κ1) is 16.6. The Hall–Kier alpha value is -2.81. The van der Waals surface area contributed by atoms with Gasteiger partial charge < -0.3 is 9.88 Å². The van der Waals surface area contributed by atoms with Crippen LogP contribution in [0.3, 0.4) is 0 Å². The van der Waals surface area contributed by atoms with Crippen LogP contribution in [0, 0.1) is 0 Å². The van der Waals surface area contributed by atoms with Gasteiger partial charge in [-0.1, -0.05) is 48.5 Å². The summed E-state index contributed by atoms with van der Waals surface area (Å²) in [5.41, 5.74) is 4.77. The Kier molecular flexibility index (Phi) is 4.61. The average Bonchev–Trinajstić information content (AvgIpc) is 3.09. The Morgan fingerprint density at radius 2 is 1.65 bits per heavy atom. The monoisotopic (exact) mass is 344 g/mol. The third-order valence-electron chi connectivity index (χ3n) is 5.21. The topological polar surface area (TPSA) is 36.1 Å². The van der Waals surface area contributed by atoms with Gasteiger partial charge in [-0.2, -0.15) is 0 Å². The molecule has 0 saturated carbocycles. The van der Waals surface area contributed by atoms with E-state index in [1.54, 1.807) is 0 Å². The fourth-order valence-electron chi connectivity index (χ4n) is 3.82. The Morgan fingerprint density at radius 3 is 2.42 bits per heavy atom. The minimum atomic E-state index is 0.0735. The summed E-state index contributed by atoms with van der Waals surface area (Å²) in [7, 11) is 0. The van der Waals surface area contributed by atoms with Gasteiger partial charge in [-0.15, -0.1) is 0 Å². The Morgan fingerprint density at radius 1 is 0.962 bits per heavy atom. The molecule has 3 nitrogen and oxygen atoms in total. The van der Waals surface area contributed by atoms with Crippen LogP contribution in [-0.4, -0.2) is 28.8 Å². The van der Waals surface area contributed by atoms with Crippen LogP contribution in [0.4, 0.5) is 0 Å². The summed E-state index contributed by atoms with van der Waals surface area (Å²) in [6.45, 7) is 4.16. The quantitative estimate of drug-likeness (QED) is 0.507. The molecule has 0 atom stereocenters. The van der Waals surface area contributed by atoms with E-state index in [-0.39, 0.29) is 5.78 Å². The Labute approximate surface area is 154 Å². The molecule has 26 heavy (non-hydrogen) atoms. The number of fused-ring (bicyclic) bond motifs is 1. The van der Waals surface area contributed by atoms with Crippen molar-refractivity contribution in [3.63, 3.8) is 0 Å². The number of H-pyrrole nitrogens is 1. The summed E-state index contributed by atoms with van der Waals surface area (Å²) >= 11 is 0. The van der Waals surface area contributed by atoms with Crippen molar-refractivity contribution in [1.29, 1.82) is 0 Å². The van der Waals surface area contributed by atoms with E-state index in [2.05, 4.69) is 16.8 Å². The van der Waals surface area contributed by atoms with E-state index in [1.807, 2.05) is 60.7 Å². The van der Waals surface area contributed by atoms with Gasteiger partial charge >= 0.3 is 0 Å². The van der Waals surface area contributed by atoms with Crippen molar-refractivity contribution in [2.24, 2.45) is 0 Å². The smallest absolute Gasteiger partial charge is 0.190 e. The molecule has 0 bridgehead atoms. The van der Waals surface area contributed by atoms with Crippen LogP contribution in [0.25, 0.3) is 22.2 Å². The fraction of sp³-hybridized carbons (Fsp3) is 0.261. The van der Waals surface area contributed by atoms with Gasteiger partial charge in [0, 0.05) is 35.8 Å². The molecule has 132 valence electrons. The summed E-state index contributed by atoms with van der Waals surface area (Å²) in [6, 6.07) is 18.1. The molecule has 1 aliphatic rings. The number of likely N-dealkylation sites (tertiary alicyclic amines) is 1. The van der Waals surface area contributed by atoms with Gasteiger partial charge in [-0.05, 0) is 37.8 Å². The molecule has 1 saturated heterocycles. The number of aromatic nitrogens is 1. The lowest BCUT2D eigenvalue weighted by Crippen LogP contribution is -2.28. The molecule has 0 spiro atoms. The van der Waals surface area contributed by atoms with Crippen molar-refractivity contribution in [2.45, 2.75) is 26.2 Å². The van der Waals surface area contributed by atoms with E-state index in [0.29, 0.717) is 0 Å². The van der Waals surface area contributed by atoms with E-state index in [9.17, 15) is 4.79 Å². The number of hydrogen-bond donors (Lipinski definition) is 1. The number of hydrogen-bond acceptors (Lipinski definition) is 2. The zero-order valence-electron chi connectivity index (χ0n) is 15.2. The van der Waals surface area contributed by atoms with Gasteiger partial charge in [0.05, 0.1) is 11.3 Å². The lowest BCUT2D eigenvalue weighted by molar-refractivity contribution is 0.104. The molecule has 2 aromatic carbocycles. The molecule has 1 aliphatic heterocycles. The van der Waals surface area contributed by atoms with Crippen LogP contribution in [-0.2, 0) is 0 Å². The minimum absolute atomic E-state index is 0.0735. The molecular weight excluding hydrogens is 320 g/mol. The molecule has 2 heterocycles. The lowest BCUT2D eigenvalue weighted by Gasteiger charge is -2.29. The predicted molar refractivity (Wildman–Crippen MR) is 107 cm³/mol.